The Kier molecular flexibility index (Phi) is 4.07. The fraction of sp³-hybridized carbons (Fsp3) is 0.471. The number of nitrogens with zero attached hydrogens (tertiary/aromatic N) is 2. The molecule has 4 rings (SSSR count). The summed E-state index contributed by atoms with van der Waals surface area (Å²) in [5, 5.41) is 11.7. The first-order valence-corrected chi connectivity index (χ1v) is 9.18. The summed E-state index contributed by atoms with van der Waals surface area (Å²) in [7, 11) is 0. The van der Waals surface area contributed by atoms with Crippen LogP contribution in [-0.4, -0.2) is 41.6 Å². The molecule has 2 aromatic rings. The number of benzene rings is 1. The Bertz CT molecular complexity index is 841. The van der Waals surface area contributed by atoms with E-state index in [1.807, 2.05) is 0 Å². The van der Waals surface area contributed by atoms with Crippen molar-refractivity contribution >= 4 is 38.6 Å². The van der Waals surface area contributed by atoms with E-state index in [2.05, 4.69) is 15.2 Å². The summed E-state index contributed by atoms with van der Waals surface area (Å²) >= 11 is 1.38. The zero-order valence-corrected chi connectivity index (χ0v) is 14.3. The van der Waals surface area contributed by atoms with Gasteiger partial charge < -0.3 is 15.3 Å². The number of nitrogens with one attached hydrogen (secondary N) is 1. The molecule has 0 unspecified atom stereocenters. The second-order valence-electron chi connectivity index (χ2n) is 6.73. The molecule has 1 aromatic heterocycles. The number of rotatable bonds is 4. The van der Waals surface area contributed by atoms with E-state index in [1.54, 1.807) is 6.07 Å². The predicted octanol–water partition coefficient (Wildman–Crippen LogP) is 2.49. The first-order valence-electron chi connectivity index (χ1n) is 8.36. The van der Waals surface area contributed by atoms with Gasteiger partial charge >= 0.3 is 5.97 Å². The molecule has 1 aromatic carbocycles. The molecule has 2 heterocycles. The van der Waals surface area contributed by atoms with Crippen molar-refractivity contribution in [3.8, 4) is 0 Å². The molecule has 1 amide bonds. The predicted molar refractivity (Wildman–Crippen MR) is 92.6 cm³/mol. The lowest BCUT2D eigenvalue weighted by atomic mass is 10.0. The Hall–Kier alpha value is -2.22. The van der Waals surface area contributed by atoms with E-state index in [9.17, 15) is 14.0 Å². The molecule has 2 N–H and O–H groups in total. The van der Waals surface area contributed by atoms with Gasteiger partial charge in [-0.05, 0) is 36.8 Å². The molecule has 0 radical (unpaired) electrons. The largest absolute Gasteiger partial charge is 0.480 e. The molecule has 2 aliphatic rings. The van der Waals surface area contributed by atoms with Crippen LogP contribution < -0.4 is 10.2 Å². The van der Waals surface area contributed by atoms with Crippen molar-refractivity contribution < 1.29 is 19.1 Å². The number of fused-ring (bicyclic) bond motifs is 2. The zero-order chi connectivity index (χ0) is 17.6. The van der Waals surface area contributed by atoms with Crippen LogP contribution in [0.15, 0.2) is 12.1 Å². The van der Waals surface area contributed by atoms with Gasteiger partial charge in [0.1, 0.15) is 12.1 Å². The molecular formula is C17H18FN3O3S. The molecule has 1 saturated heterocycles. The maximum absolute atomic E-state index is 14.4. The Morgan fingerprint density at radius 3 is 2.72 bits per heavy atom. The van der Waals surface area contributed by atoms with E-state index >= 15 is 0 Å². The van der Waals surface area contributed by atoms with Crippen molar-refractivity contribution in [2.24, 2.45) is 11.8 Å². The number of aliphatic carboxylic acids is 1. The number of hydrogen-bond acceptors (Lipinski definition) is 5. The fourth-order valence-corrected chi connectivity index (χ4v) is 4.93. The summed E-state index contributed by atoms with van der Waals surface area (Å²) < 4.78 is 15.0. The van der Waals surface area contributed by atoms with Crippen molar-refractivity contribution in [3.05, 3.63) is 23.5 Å². The van der Waals surface area contributed by atoms with Crippen LogP contribution in [0.5, 0.6) is 0 Å². The monoisotopic (exact) mass is 363 g/mol. The van der Waals surface area contributed by atoms with Crippen LogP contribution in [0.1, 0.15) is 29.6 Å². The first-order chi connectivity index (χ1) is 12.0. The first kappa shape index (κ1) is 16.3. The number of aromatic nitrogens is 1. The number of carboxylic acids is 1. The van der Waals surface area contributed by atoms with E-state index in [-0.39, 0.29) is 11.1 Å². The molecular weight excluding hydrogens is 345 g/mol. The zero-order valence-electron chi connectivity index (χ0n) is 13.5. The Labute approximate surface area is 147 Å². The second-order valence-corrected chi connectivity index (χ2v) is 7.74. The van der Waals surface area contributed by atoms with Gasteiger partial charge in [-0.15, -0.1) is 0 Å². The Morgan fingerprint density at radius 2 is 2.04 bits per heavy atom. The molecule has 6 nitrogen and oxygen atoms in total. The minimum absolute atomic E-state index is 0.111. The minimum Gasteiger partial charge on any atom is -0.480 e. The number of carbonyl (C=O) groups excluding carboxylic acids is 1. The second kappa shape index (κ2) is 6.25. The summed E-state index contributed by atoms with van der Waals surface area (Å²) in [5.41, 5.74) is 0.381. The van der Waals surface area contributed by atoms with E-state index in [4.69, 9.17) is 5.11 Å². The van der Waals surface area contributed by atoms with Crippen LogP contribution >= 0.6 is 11.3 Å². The average molecular weight is 363 g/mol. The van der Waals surface area contributed by atoms with Crippen molar-refractivity contribution in [1.29, 1.82) is 0 Å². The van der Waals surface area contributed by atoms with Gasteiger partial charge in [0.05, 0.1) is 4.70 Å². The third-order valence-corrected chi connectivity index (χ3v) is 6.16. The number of anilines is 1. The normalized spacial score (nSPS) is 22.4. The fourth-order valence-electron chi connectivity index (χ4n) is 3.89. The maximum Gasteiger partial charge on any atom is 0.322 e. The number of hydrogen-bond donors (Lipinski definition) is 2. The average Bonchev–Trinajstić information content (AvgIpc) is 3.25. The number of thiazole rings is 1. The SMILES string of the molecule is O=C(O)CNC(=O)c1cc(F)c2nc(N3C[C@H]4CCC[C@H]4C3)sc2c1. The third-order valence-electron chi connectivity index (χ3n) is 5.10. The van der Waals surface area contributed by atoms with Crippen LogP contribution in [0.3, 0.4) is 0 Å². The lowest BCUT2D eigenvalue weighted by molar-refractivity contribution is -0.135. The highest BCUT2D eigenvalue weighted by Gasteiger charge is 2.37. The lowest BCUT2D eigenvalue weighted by Gasteiger charge is -2.15. The van der Waals surface area contributed by atoms with Gasteiger partial charge in [-0.1, -0.05) is 17.8 Å². The highest BCUT2D eigenvalue weighted by Crippen LogP contribution is 2.41. The summed E-state index contributed by atoms with van der Waals surface area (Å²) in [6.07, 6.45) is 3.81. The van der Waals surface area contributed by atoms with Crippen molar-refractivity contribution in [2.75, 3.05) is 24.5 Å². The van der Waals surface area contributed by atoms with Crippen LogP contribution in [0, 0.1) is 17.7 Å². The molecule has 0 bridgehead atoms. The quantitative estimate of drug-likeness (QED) is 0.872. The van der Waals surface area contributed by atoms with Crippen LogP contribution in [0.25, 0.3) is 10.2 Å². The molecule has 1 saturated carbocycles. The van der Waals surface area contributed by atoms with E-state index < -0.39 is 24.2 Å². The number of carboxylic acid groups (broad SMARTS) is 1. The topological polar surface area (TPSA) is 82.5 Å². The molecule has 2 fully saturated rings. The minimum atomic E-state index is -1.14. The van der Waals surface area contributed by atoms with Crippen molar-refractivity contribution in [3.63, 3.8) is 0 Å². The molecule has 1 aliphatic heterocycles. The Morgan fingerprint density at radius 1 is 1.32 bits per heavy atom. The maximum atomic E-state index is 14.4. The summed E-state index contributed by atoms with van der Waals surface area (Å²) in [4.78, 5) is 29.2. The van der Waals surface area contributed by atoms with Crippen LogP contribution in [0.2, 0.25) is 0 Å². The lowest BCUT2D eigenvalue weighted by Crippen LogP contribution is -2.29. The summed E-state index contributed by atoms with van der Waals surface area (Å²) in [6, 6.07) is 2.69. The molecule has 132 valence electrons. The standard InChI is InChI=1S/C17H18FN3O3S/c18-12-4-11(16(24)19-6-14(22)23)5-13-15(12)20-17(25-13)21-7-9-2-1-3-10(9)8-21/h4-5,9-10H,1-3,6-8H2,(H,19,24)(H,22,23)/t9-,10+. The molecule has 25 heavy (non-hydrogen) atoms. The van der Waals surface area contributed by atoms with E-state index in [0.29, 0.717) is 16.5 Å². The molecule has 8 heteroatoms. The number of halogens is 1. The summed E-state index contributed by atoms with van der Waals surface area (Å²) in [6.45, 7) is 1.44. The molecule has 1 aliphatic carbocycles. The van der Waals surface area contributed by atoms with Gasteiger partial charge in [0.25, 0.3) is 5.91 Å². The van der Waals surface area contributed by atoms with E-state index in [1.165, 1.54) is 30.6 Å². The van der Waals surface area contributed by atoms with Gasteiger partial charge in [-0.2, -0.15) is 0 Å². The Balaban J connectivity index is 1.59. The summed E-state index contributed by atoms with van der Waals surface area (Å²) in [5.74, 6) is -0.869. The molecule has 0 spiro atoms. The van der Waals surface area contributed by atoms with Gasteiger partial charge in [0, 0.05) is 18.7 Å². The van der Waals surface area contributed by atoms with Gasteiger partial charge in [0.2, 0.25) is 0 Å². The highest BCUT2D eigenvalue weighted by molar-refractivity contribution is 7.22. The smallest absolute Gasteiger partial charge is 0.322 e. The van der Waals surface area contributed by atoms with Gasteiger partial charge in [-0.3, -0.25) is 9.59 Å². The third kappa shape index (κ3) is 3.06. The van der Waals surface area contributed by atoms with E-state index in [0.717, 1.165) is 24.3 Å². The number of carbonyl (C=O) groups is 2. The molecule has 2 atom stereocenters. The van der Waals surface area contributed by atoms with Crippen molar-refractivity contribution in [2.45, 2.75) is 19.3 Å². The van der Waals surface area contributed by atoms with Crippen LogP contribution in [0.4, 0.5) is 9.52 Å². The van der Waals surface area contributed by atoms with Gasteiger partial charge in [-0.25, -0.2) is 9.37 Å². The highest BCUT2D eigenvalue weighted by atomic mass is 32.1. The number of amides is 1. The van der Waals surface area contributed by atoms with Crippen molar-refractivity contribution in [1.82, 2.24) is 10.3 Å². The van der Waals surface area contributed by atoms with Gasteiger partial charge in [0.15, 0.2) is 10.9 Å². The van der Waals surface area contributed by atoms with Crippen LogP contribution in [-0.2, 0) is 4.79 Å².